The Bertz CT molecular complexity index is 112. The first-order chi connectivity index (χ1) is 5.54. The lowest BCUT2D eigenvalue weighted by Gasteiger charge is -2.00. The number of halogens is 2. The summed E-state index contributed by atoms with van der Waals surface area (Å²) in [6.07, 6.45) is 0. The summed E-state index contributed by atoms with van der Waals surface area (Å²) in [7, 11) is 12.6. The Balaban J connectivity index is -0.0000000625. The average Bonchev–Trinajstić information content (AvgIpc) is 1.87. The zero-order valence-electron chi connectivity index (χ0n) is 9.02. The van der Waals surface area contributed by atoms with Crippen LogP contribution in [0.5, 0.6) is 0 Å². The van der Waals surface area contributed by atoms with E-state index in [1.165, 1.54) is 0 Å². The topological polar surface area (TPSA) is 31.2 Å². The van der Waals surface area contributed by atoms with Crippen molar-refractivity contribution in [3.8, 4) is 0 Å². The fraction of sp³-hybridized carbons (Fsp3) is 1.00. The number of rotatable bonds is 4. The third-order valence-electron chi connectivity index (χ3n) is 0.541. The molecule has 4 atom stereocenters. The van der Waals surface area contributed by atoms with Crippen molar-refractivity contribution in [3.05, 3.63) is 0 Å². The maximum Gasteiger partial charge on any atom is 0.0710 e. The van der Waals surface area contributed by atoms with Gasteiger partial charge in [-0.25, -0.2) is 0 Å². The van der Waals surface area contributed by atoms with Gasteiger partial charge in [-0.05, 0) is 28.2 Å². The third-order valence-corrected chi connectivity index (χ3v) is 2.47. The van der Waals surface area contributed by atoms with E-state index in [9.17, 15) is 0 Å². The lowest BCUT2D eigenvalue weighted by molar-refractivity contribution is 0.692. The summed E-state index contributed by atoms with van der Waals surface area (Å²) in [5.41, 5.74) is 0. The predicted octanol–water partition coefficient (Wildman–Crippen LogP) is 2.54. The fourth-order valence-corrected chi connectivity index (χ4v) is 2.55. The molecular weight excluding hydrogens is 299 g/mol. The van der Waals surface area contributed by atoms with E-state index in [0.29, 0.717) is 17.8 Å². The quantitative estimate of drug-likeness (QED) is 0.745. The van der Waals surface area contributed by atoms with E-state index in [-0.39, 0.29) is 24.8 Å². The molecule has 0 fully saturated rings. The molecule has 0 radical (unpaired) electrons. The number of hydrogen-bond donors (Lipinski definition) is 0. The molecule has 0 N–H and O–H groups in total. The van der Waals surface area contributed by atoms with Crippen LogP contribution >= 0.6 is 60.6 Å². The second-order valence-electron chi connectivity index (χ2n) is 2.31. The molecule has 0 aliphatic carbocycles. The highest BCUT2D eigenvalue weighted by atomic mass is 35.5. The molecule has 4 unspecified atom stereocenters. The first-order valence-electron chi connectivity index (χ1n) is 3.32. The minimum atomic E-state index is 0. The summed E-state index contributed by atoms with van der Waals surface area (Å²) in [5, 5.41) is 0. The summed E-state index contributed by atoms with van der Waals surface area (Å²) >= 11 is 0. The van der Waals surface area contributed by atoms with E-state index < -0.39 is 0 Å². The molecule has 0 amide bonds. The molecule has 10 heteroatoms. The molecule has 0 aliphatic rings. The van der Waals surface area contributed by atoms with Crippen LogP contribution in [-0.2, 0) is 0 Å². The first kappa shape index (κ1) is 24.9. The van der Waals surface area contributed by atoms with Crippen molar-refractivity contribution in [2.75, 3.05) is 28.2 Å². The van der Waals surface area contributed by atoms with Crippen LogP contribution in [0.1, 0.15) is 0 Å². The largest absolute Gasteiger partial charge is 0.276 e. The molecule has 0 aromatic carbocycles. The van der Waals surface area contributed by atoms with E-state index in [1.807, 2.05) is 37.5 Å². The molecule has 0 aromatic heterocycles. The molecule has 0 aromatic rings. The Morgan fingerprint density at radius 2 is 1.00 bits per heavy atom. The molecule has 0 aliphatic heterocycles. The maximum atomic E-state index is 3.92. The molecule has 0 saturated heterocycles. The monoisotopic (exact) mass is 320 g/mol. The van der Waals surface area contributed by atoms with Crippen molar-refractivity contribution in [2.24, 2.45) is 9.03 Å². The molecule has 14 heavy (non-hydrogen) atoms. The van der Waals surface area contributed by atoms with Gasteiger partial charge in [-0.3, -0.25) is 18.4 Å². The van der Waals surface area contributed by atoms with Gasteiger partial charge in [0.25, 0.3) is 0 Å². The molecular formula is C4H22Cl2N4P4. The van der Waals surface area contributed by atoms with Crippen LogP contribution in [0.2, 0.25) is 0 Å². The van der Waals surface area contributed by atoms with E-state index in [4.69, 9.17) is 0 Å². The molecule has 0 bridgehead atoms. The average molecular weight is 321 g/mol. The van der Waals surface area contributed by atoms with Crippen molar-refractivity contribution < 1.29 is 0 Å². The first-order valence-corrected chi connectivity index (χ1v) is 6.37. The van der Waals surface area contributed by atoms with E-state index in [0.717, 1.165) is 0 Å². The number of nitrogens with zero attached hydrogens (tertiary/aromatic N) is 4. The van der Waals surface area contributed by atoms with Crippen molar-refractivity contribution in [2.45, 2.75) is 0 Å². The lowest BCUT2D eigenvalue weighted by Crippen LogP contribution is -1.92. The van der Waals surface area contributed by atoms with Gasteiger partial charge in [0.05, 0.1) is 17.8 Å². The van der Waals surface area contributed by atoms with Crippen LogP contribution in [0.25, 0.3) is 0 Å². The Labute approximate surface area is 107 Å². The van der Waals surface area contributed by atoms with Crippen molar-refractivity contribution in [1.29, 1.82) is 0 Å². The van der Waals surface area contributed by atoms with Gasteiger partial charge in [0.1, 0.15) is 0 Å². The fourth-order valence-electron chi connectivity index (χ4n) is 0.283. The Morgan fingerprint density at radius 1 is 0.786 bits per heavy atom. The Kier molecular flexibility index (Phi) is 36.0. The Hall–Kier alpha value is 1.82. The summed E-state index contributed by atoms with van der Waals surface area (Å²) in [4.78, 5) is 0. The lowest BCUT2D eigenvalue weighted by atomic mass is 11.3. The molecule has 0 saturated carbocycles. The van der Waals surface area contributed by atoms with Crippen LogP contribution < -0.4 is 0 Å². The molecule has 4 nitrogen and oxygen atoms in total. The van der Waals surface area contributed by atoms with Crippen LogP contribution in [0, 0.1) is 0 Å². The highest BCUT2D eigenvalue weighted by Crippen LogP contribution is 2.14. The van der Waals surface area contributed by atoms with Gasteiger partial charge < -0.3 is 0 Å². The second-order valence-corrected chi connectivity index (χ2v) is 7.02. The number of hydrogen-bond acceptors (Lipinski definition) is 4. The van der Waals surface area contributed by atoms with Gasteiger partial charge in [0, 0.05) is 0 Å². The molecule has 0 rings (SSSR count). The molecule has 0 heterocycles. The normalized spacial score (nSPS) is 10.1. The SMILES string of the molecule is CN(C)PN=[PH3].CN(C)PN=[PH3].Cl.Cl. The maximum absolute atomic E-state index is 3.92. The van der Waals surface area contributed by atoms with Crippen LogP contribution in [0.15, 0.2) is 9.03 Å². The van der Waals surface area contributed by atoms with Gasteiger partial charge in [-0.15, -0.1) is 24.8 Å². The van der Waals surface area contributed by atoms with Crippen LogP contribution in [-0.4, -0.2) is 37.5 Å². The van der Waals surface area contributed by atoms with Crippen molar-refractivity contribution in [3.63, 3.8) is 0 Å². The highest BCUT2D eigenvalue weighted by Gasteiger charge is 1.76. The summed E-state index contributed by atoms with van der Waals surface area (Å²) in [6.45, 7) is 0. The standard InChI is InChI=1S/2C2H10N2P2.2ClH/c2*1-4(2)6-3-5;;/h2*6H,1-2,5H3;2*1H. The minimum Gasteiger partial charge on any atom is -0.276 e. The predicted molar refractivity (Wildman–Crippen MR) is 85.6 cm³/mol. The third kappa shape index (κ3) is 37.1. The summed E-state index contributed by atoms with van der Waals surface area (Å²) in [6, 6.07) is 0. The zero-order valence-corrected chi connectivity index (χ0v) is 15.5. The van der Waals surface area contributed by atoms with Crippen LogP contribution in [0.4, 0.5) is 0 Å². The summed E-state index contributed by atoms with van der Waals surface area (Å²) in [5.74, 6) is 0. The summed E-state index contributed by atoms with van der Waals surface area (Å²) < 4.78 is 11.9. The second kappa shape index (κ2) is 20.3. The highest BCUT2D eigenvalue weighted by molar-refractivity contribution is 7.38. The van der Waals surface area contributed by atoms with Gasteiger partial charge in [0.2, 0.25) is 0 Å². The van der Waals surface area contributed by atoms with Gasteiger partial charge in [-0.1, -0.05) is 18.1 Å². The van der Waals surface area contributed by atoms with E-state index >= 15 is 0 Å². The van der Waals surface area contributed by atoms with Gasteiger partial charge in [0.15, 0.2) is 0 Å². The zero-order chi connectivity index (χ0) is 9.98. The Morgan fingerprint density at radius 3 is 1.00 bits per heavy atom. The minimum absolute atomic E-state index is 0. The van der Waals surface area contributed by atoms with Gasteiger partial charge in [-0.2, -0.15) is 0 Å². The van der Waals surface area contributed by atoms with Crippen molar-refractivity contribution in [1.82, 2.24) is 9.34 Å². The van der Waals surface area contributed by atoms with Crippen molar-refractivity contribution >= 4 is 60.6 Å². The van der Waals surface area contributed by atoms with Crippen LogP contribution in [0.3, 0.4) is 0 Å². The molecule has 92 valence electrons. The van der Waals surface area contributed by atoms with E-state index in [2.05, 4.69) is 9.03 Å². The van der Waals surface area contributed by atoms with Gasteiger partial charge >= 0.3 is 0 Å². The molecule has 0 spiro atoms. The smallest absolute Gasteiger partial charge is 0.0710 e. The van der Waals surface area contributed by atoms with E-state index in [1.54, 1.807) is 18.1 Å².